The molecule has 1 aromatic rings. The molecule has 1 aromatic carbocycles. The Hall–Kier alpha value is -0.920. The molecule has 5 nitrogen and oxygen atoms in total. The number of nitrogens with one attached hydrogen (secondary N) is 1. The minimum absolute atomic E-state index is 0.619. The van der Waals surface area contributed by atoms with E-state index in [1.807, 2.05) is 43.1 Å². The number of benzene rings is 1. The van der Waals surface area contributed by atoms with Crippen molar-refractivity contribution >= 4 is 33.7 Å². The molecule has 2 rings (SSSR count). The highest BCUT2D eigenvalue weighted by Gasteiger charge is 2.18. The van der Waals surface area contributed by atoms with E-state index in [4.69, 9.17) is 9.47 Å². The first-order valence-corrected chi connectivity index (χ1v) is 10.6. The van der Waals surface area contributed by atoms with Gasteiger partial charge in [-0.25, -0.2) is 0 Å². The first-order chi connectivity index (χ1) is 12.2. The van der Waals surface area contributed by atoms with Crippen LogP contribution in [0.4, 0.5) is 0 Å². The number of rotatable bonds is 9. The van der Waals surface area contributed by atoms with Gasteiger partial charge in [0.05, 0.1) is 13.2 Å². The van der Waals surface area contributed by atoms with Gasteiger partial charge in [0.1, 0.15) is 5.75 Å². The summed E-state index contributed by atoms with van der Waals surface area (Å²) >= 11 is 5.33. The molecule has 0 bridgehead atoms. The fourth-order valence-corrected chi connectivity index (χ4v) is 3.73. The van der Waals surface area contributed by atoms with Gasteiger partial charge in [-0.2, -0.15) is 11.8 Å². The van der Waals surface area contributed by atoms with Gasteiger partial charge in [0.15, 0.2) is 5.96 Å². The predicted octanol–water partition coefficient (Wildman–Crippen LogP) is 3.10. The minimum Gasteiger partial charge on any atom is -0.493 e. The van der Waals surface area contributed by atoms with Crippen LogP contribution >= 0.6 is 27.7 Å². The van der Waals surface area contributed by atoms with Crippen LogP contribution in [0.5, 0.6) is 5.75 Å². The molecule has 0 aliphatic carbocycles. The first-order valence-electron chi connectivity index (χ1n) is 8.64. The molecule has 0 aromatic heterocycles. The minimum atomic E-state index is 0.619. The van der Waals surface area contributed by atoms with Crippen LogP contribution < -0.4 is 10.1 Å². The molecular formula is C18H28BrN3O2S. The number of halogens is 1. The lowest BCUT2D eigenvalue weighted by molar-refractivity contribution is 0.181. The summed E-state index contributed by atoms with van der Waals surface area (Å²) in [6, 6.07) is 7.95. The number of thioether (sulfide) groups is 1. The quantitative estimate of drug-likeness (QED) is 0.371. The molecule has 1 aliphatic rings. The van der Waals surface area contributed by atoms with Crippen molar-refractivity contribution in [3.8, 4) is 5.75 Å². The van der Waals surface area contributed by atoms with Crippen LogP contribution in [0, 0.1) is 5.92 Å². The normalized spacial score (nSPS) is 17.6. The third-order valence-electron chi connectivity index (χ3n) is 3.95. The molecule has 1 saturated heterocycles. The molecular weight excluding hydrogens is 402 g/mol. The Bertz CT molecular complexity index is 539. The second-order valence-corrected chi connectivity index (χ2v) is 8.14. The first kappa shape index (κ1) is 20.4. The van der Waals surface area contributed by atoms with E-state index in [2.05, 4.69) is 38.2 Å². The average molecular weight is 430 g/mol. The predicted molar refractivity (Wildman–Crippen MR) is 110 cm³/mol. The second-order valence-electron chi connectivity index (χ2n) is 6.00. The monoisotopic (exact) mass is 429 g/mol. The van der Waals surface area contributed by atoms with E-state index >= 15 is 0 Å². The number of ether oxygens (including phenoxy) is 2. The smallest absolute Gasteiger partial charge is 0.193 e. The third kappa shape index (κ3) is 7.88. The Balaban J connectivity index is 1.53. The molecule has 25 heavy (non-hydrogen) atoms. The third-order valence-corrected chi connectivity index (χ3v) is 5.39. The molecule has 0 amide bonds. The molecule has 7 heteroatoms. The van der Waals surface area contributed by atoms with Crippen molar-refractivity contribution < 1.29 is 9.47 Å². The lowest BCUT2D eigenvalue weighted by atomic mass is 10.1. The molecule has 0 saturated carbocycles. The number of aliphatic imine (C=N–C) groups is 1. The zero-order valence-corrected chi connectivity index (χ0v) is 17.4. The fraction of sp³-hybridized carbons (Fsp3) is 0.611. The van der Waals surface area contributed by atoms with E-state index in [1.54, 1.807) is 0 Å². The van der Waals surface area contributed by atoms with Crippen molar-refractivity contribution in [3.05, 3.63) is 28.7 Å². The summed E-state index contributed by atoms with van der Waals surface area (Å²) in [7, 11) is 3.93. The molecule has 1 aliphatic heterocycles. The van der Waals surface area contributed by atoms with Crippen LogP contribution in [0.1, 0.15) is 6.42 Å². The summed E-state index contributed by atoms with van der Waals surface area (Å²) < 4.78 is 12.2. The SMILES string of the molecule is CN=C(NCCSCCOc1cccc(Br)c1)N(C)CC1CCOC1. The van der Waals surface area contributed by atoms with Gasteiger partial charge in [-0.3, -0.25) is 4.99 Å². The van der Waals surface area contributed by atoms with E-state index in [0.717, 1.165) is 67.0 Å². The Kier molecular flexibility index (Phi) is 9.50. The van der Waals surface area contributed by atoms with Crippen molar-refractivity contribution in [2.75, 3.05) is 58.5 Å². The summed E-state index contributed by atoms with van der Waals surface area (Å²) in [4.78, 5) is 6.56. The van der Waals surface area contributed by atoms with Crippen molar-refractivity contribution in [1.82, 2.24) is 10.2 Å². The summed E-state index contributed by atoms with van der Waals surface area (Å²) in [6.07, 6.45) is 1.15. The van der Waals surface area contributed by atoms with Crippen LogP contribution in [0.2, 0.25) is 0 Å². The van der Waals surface area contributed by atoms with Crippen LogP contribution in [0.25, 0.3) is 0 Å². The van der Waals surface area contributed by atoms with Crippen LogP contribution in [0.15, 0.2) is 33.7 Å². The lowest BCUT2D eigenvalue weighted by Crippen LogP contribution is -2.42. The molecule has 0 spiro atoms. The van der Waals surface area contributed by atoms with Gasteiger partial charge in [0.2, 0.25) is 0 Å². The standard InChI is InChI=1S/C18H28BrN3O2S/c1-20-18(22(2)13-15-6-8-23-14-15)21-7-10-25-11-9-24-17-5-3-4-16(19)12-17/h3-5,12,15H,6-11,13-14H2,1-2H3,(H,20,21). The van der Waals surface area contributed by atoms with Crippen LogP contribution in [-0.4, -0.2) is 69.4 Å². The summed E-state index contributed by atoms with van der Waals surface area (Å²) in [6.45, 7) is 4.38. The highest BCUT2D eigenvalue weighted by Crippen LogP contribution is 2.18. The summed E-state index contributed by atoms with van der Waals surface area (Å²) in [5.74, 6) is 4.49. The average Bonchev–Trinajstić information content (AvgIpc) is 3.10. The largest absolute Gasteiger partial charge is 0.493 e. The lowest BCUT2D eigenvalue weighted by Gasteiger charge is -2.24. The summed E-state index contributed by atoms with van der Waals surface area (Å²) in [5.41, 5.74) is 0. The van der Waals surface area contributed by atoms with Gasteiger partial charge in [-0.1, -0.05) is 22.0 Å². The zero-order chi connectivity index (χ0) is 17.9. The zero-order valence-electron chi connectivity index (χ0n) is 15.0. The Morgan fingerprint density at radius 3 is 3.08 bits per heavy atom. The molecule has 1 unspecified atom stereocenters. The summed E-state index contributed by atoms with van der Waals surface area (Å²) in [5, 5.41) is 3.43. The maximum absolute atomic E-state index is 5.73. The van der Waals surface area contributed by atoms with Gasteiger partial charge < -0.3 is 19.7 Å². The van der Waals surface area contributed by atoms with E-state index in [-0.39, 0.29) is 0 Å². The topological polar surface area (TPSA) is 46.1 Å². The number of guanidine groups is 1. The van der Waals surface area contributed by atoms with E-state index in [1.165, 1.54) is 0 Å². The highest BCUT2D eigenvalue weighted by molar-refractivity contribution is 9.10. The second kappa shape index (κ2) is 11.6. The van der Waals surface area contributed by atoms with E-state index in [9.17, 15) is 0 Å². The molecule has 1 heterocycles. The van der Waals surface area contributed by atoms with Crippen LogP contribution in [-0.2, 0) is 4.74 Å². The maximum Gasteiger partial charge on any atom is 0.193 e. The fourth-order valence-electron chi connectivity index (χ4n) is 2.70. The van der Waals surface area contributed by atoms with E-state index in [0.29, 0.717) is 5.92 Å². The van der Waals surface area contributed by atoms with Crippen molar-refractivity contribution in [2.45, 2.75) is 6.42 Å². The van der Waals surface area contributed by atoms with Crippen molar-refractivity contribution in [3.63, 3.8) is 0 Å². The van der Waals surface area contributed by atoms with Gasteiger partial charge in [0.25, 0.3) is 0 Å². The molecule has 1 N–H and O–H groups in total. The van der Waals surface area contributed by atoms with Gasteiger partial charge >= 0.3 is 0 Å². The molecule has 1 atom stereocenters. The van der Waals surface area contributed by atoms with Crippen molar-refractivity contribution in [2.24, 2.45) is 10.9 Å². The number of hydrogen-bond acceptors (Lipinski definition) is 4. The Labute approximate surface area is 163 Å². The molecule has 140 valence electrons. The van der Waals surface area contributed by atoms with Crippen molar-refractivity contribution in [1.29, 1.82) is 0 Å². The number of hydrogen-bond donors (Lipinski definition) is 1. The van der Waals surface area contributed by atoms with Gasteiger partial charge in [0, 0.05) is 55.7 Å². The number of nitrogens with zero attached hydrogens (tertiary/aromatic N) is 2. The Morgan fingerprint density at radius 1 is 1.48 bits per heavy atom. The van der Waals surface area contributed by atoms with Gasteiger partial charge in [-0.15, -0.1) is 0 Å². The van der Waals surface area contributed by atoms with E-state index < -0.39 is 0 Å². The maximum atomic E-state index is 5.73. The van der Waals surface area contributed by atoms with Crippen LogP contribution in [0.3, 0.4) is 0 Å². The molecule has 1 fully saturated rings. The Morgan fingerprint density at radius 2 is 2.36 bits per heavy atom. The van der Waals surface area contributed by atoms with Gasteiger partial charge in [-0.05, 0) is 24.6 Å². The highest BCUT2D eigenvalue weighted by atomic mass is 79.9. The molecule has 0 radical (unpaired) electrons.